The molecule has 0 aliphatic heterocycles. The van der Waals surface area contributed by atoms with Crippen LogP contribution < -0.4 is 5.46 Å². The van der Waals surface area contributed by atoms with Crippen LogP contribution in [-0.4, -0.2) is 23.8 Å². The minimum atomic E-state index is -0.972. The quantitative estimate of drug-likeness (QED) is 0.303. The van der Waals surface area contributed by atoms with Gasteiger partial charge in [0.1, 0.15) is 11.2 Å². The average molecular weight is 448 g/mol. The van der Waals surface area contributed by atoms with Crippen LogP contribution in [0, 0.1) is 0 Å². The molecular formula is C30H29BO3. The lowest BCUT2D eigenvalue weighted by atomic mass is 9.82. The van der Waals surface area contributed by atoms with Gasteiger partial charge >= 0.3 is 7.48 Å². The minimum absolute atomic E-state index is 0.348. The fourth-order valence-corrected chi connectivity index (χ4v) is 4.14. The topological polar surface area (TPSA) is 42.6 Å². The van der Waals surface area contributed by atoms with Crippen LogP contribution in [0.15, 0.2) is 95.4 Å². The molecule has 0 unspecified atom stereocenters. The van der Waals surface area contributed by atoms with E-state index in [-0.39, 0.29) is 0 Å². The van der Waals surface area contributed by atoms with Gasteiger partial charge in [-0.2, -0.15) is 0 Å². The Labute approximate surface area is 201 Å². The fraction of sp³-hybridized carbons (Fsp3) is 0.200. The van der Waals surface area contributed by atoms with Gasteiger partial charge in [0, 0.05) is 16.3 Å². The average Bonchev–Trinajstić information content (AvgIpc) is 3.22. The summed E-state index contributed by atoms with van der Waals surface area (Å²) in [5, 5.41) is 12.6. The van der Waals surface area contributed by atoms with E-state index in [1.165, 1.54) is 5.56 Å². The molecule has 170 valence electrons. The molecule has 1 heterocycles. The zero-order chi connectivity index (χ0) is 23.9. The number of fused-ring (bicyclic) bond motifs is 3. The second-order valence-electron chi connectivity index (χ2n) is 9.89. The number of hydrogen-bond donors (Lipinski definition) is 1. The van der Waals surface area contributed by atoms with Crippen molar-refractivity contribution in [1.29, 1.82) is 0 Å². The Hall–Kier alpha value is -3.34. The predicted octanol–water partition coefficient (Wildman–Crippen LogP) is 6.46. The molecule has 1 aromatic heterocycles. The molecule has 0 radical (unpaired) electrons. The maximum absolute atomic E-state index is 10.5. The fourth-order valence-electron chi connectivity index (χ4n) is 4.14. The zero-order valence-corrected chi connectivity index (χ0v) is 20.1. The molecule has 0 spiro atoms. The van der Waals surface area contributed by atoms with E-state index >= 15 is 0 Å². The molecule has 4 heteroatoms. The molecule has 0 fully saturated rings. The Kier molecular flexibility index (Phi) is 5.59. The first kappa shape index (κ1) is 22.5. The van der Waals surface area contributed by atoms with Crippen LogP contribution in [0.3, 0.4) is 0 Å². The Morgan fingerprint density at radius 2 is 1.32 bits per heavy atom. The third kappa shape index (κ3) is 4.04. The number of aliphatic hydroxyl groups is 1. The van der Waals surface area contributed by atoms with Gasteiger partial charge in [-0.3, -0.25) is 0 Å². The zero-order valence-electron chi connectivity index (χ0n) is 20.1. The van der Waals surface area contributed by atoms with E-state index in [0.29, 0.717) is 7.48 Å². The highest BCUT2D eigenvalue weighted by molar-refractivity contribution is 6.51. The van der Waals surface area contributed by atoms with Crippen molar-refractivity contribution >= 4 is 34.9 Å². The molecule has 5 aromatic rings. The monoisotopic (exact) mass is 448 g/mol. The van der Waals surface area contributed by atoms with Gasteiger partial charge < -0.3 is 14.2 Å². The van der Waals surface area contributed by atoms with E-state index in [1.807, 2.05) is 38.1 Å². The Bertz CT molecular complexity index is 1450. The van der Waals surface area contributed by atoms with Gasteiger partial charge in [-0.05, 0) is 62.0 Å². The SMILES string of the molecule is CC(C)(O)C(C)(C)OBc1cccc2c1oc1c(-c3ccccc3)cc(-c3ccccc3)cc12. The first-order valence-electron chi connectivity index (χ1n) is 11.7. The van der Waals surface area contributed by atoms with Crippen molar-refractivity contribution in [1.82, 2.24) is 0 Å². The first-order valence-corrected chi connectivity index (χ1v) is 11.7. The summed E-state index contributed by atoms with van der Waals surface area (Å²) in [6, 6.07) is 31.4. The maximum atomic E-state index is 10.5. The van der Waals surface area contributed by atoms with Crippen LogP contribution in [-0.2, 0) is 4.65 Å². The Morgan fingerprint density at radius 1 is 0.676 bits per heavy atom. The van der Waals surface area contributed by atoms with E-state index in [4.69, 9.17) is 9.07 Å². The number of furan rings is 1. The molecule has 34 heavy (non-hydrogen) atoms. The van der Waals surface area contributed by atoms with Gasteiger partial charge in [0.25, 0.3) is 0 Å². The number of rotatable bonds is 6. The molecule has 0 bridgehead atoms. The number of benzene rings is 4. The number of hydrogen-bond acceptors (Lipinski definition) is 3. The first-order chi connectivity index (χ1) is 16.2. The molecule has 0 atom stereocenters. The van der Waals surface area contributed by atoms with Crippen LogP contribution >= 0.6 is 0 Å². The van der Waals surface area contributed by atoms with E-state index < -0.39 is 11.2 Å². The van der Waals surface area contributed by atoms with Gasteiger partial charge in [0.15, 0.2) is 0 Å². The molecule has 0 saturated heterocycles. The van der Waals surface area contributed by atoms with Crippen LogP contribution in [0.25, 0.3) is 44.2 Å². The third-order valence-corrected chi connectivity index (χ3v) is 6.93. The smallest absolute Gasteiger partial charge is 0.313 e. The summed E-state index contributed by atoms with van der Waals surface area (Å²) in [6.45, 7) is 7.36. The molecule has 0 aliphatic rings. The summed E-state index contributed by atoms with van der Waals surface area (Å²) in [7, 11) is 0.348. The van der Waals surface area contributed by atoms with Gasteiger partial charge in [-0.15, -0.1) is 0 Å². The lowest BCUT2D eigenvalue weighted by Crippen LogP contribution is -2.49. The van der Waals surface area contributed by atoms with E-state index in [9.17, 15) is 5.11 Å². The highest BCUT2D eigenvalue weighted by Gasteiger charge is 2.36. The summed E-state index contributed by atoms with van der Waals surface area (Å²) in [6.07, 6.45) is 0. The summed E-state index contributed by atoms with van der Waals surface area (Å²) in [5.74, 6) is 0. The highest BCUT2D eigenvalue weighted by Crippen LogP contribution is 2.39. The normalized spacial score (nSPS) is 12.4. The lowest BCUT2D eigenvalue weighted by molar-refractivity contribution is -0.0893. The van der Waals surface area contributed by atoms with Crippen LogP contribution in [0.4, 0.5) is 0 Å². The van der Waals surface area contributed by atoms with Gasteiger partial charge in [-0.1, -0.05) is 78.9 Å². The van der Waals surface area contributed by atoms with Crippen molar-refractivity contribution in [2.24, 2.45) is 0 Å². The molecule has 3 nitrogen and oxygen atoms in total. The Morgan fingerprint density at radius 3 is 1.97 bits per heavy atom. The summed E-state index contributed by atoms with van der Waals surface area (Å²) in [5.41, 5.74) is 5.48. The molecule has 0 amide bonds. The van der Waals surface area contributed by atoms with Gasteiger partial charge in [-0.25, -0.2) is 0 Å². The van der Waals surface area contributed by atoms with Crippen molar-refractivity contribution in [3.05, 3.63) is 91.0 Å². The van der Waals surface area contributed by atoms with Crippen molar-refractivity contribution in [2.45, 2.75) is 38.9 Å². The standard InChI is InChI=1S/C30H29BO3/c1-29(2,32)30(3,4)34-31-26-17-11-16-23-25-19-22(20-12-7-5-8-13-20)18-24(27(25)33-28(23)26)21-14-9-6-10-15-21/h5-19,31-32H,1-4H3. The maximum Gasteiger partial charge on any atom is 0.313 e. The molecule has 1 N–H and O–H groups in total. The molecule has 0 saturated carbocycles. The highest BCUT2D eigenvalue weighted by atomic mass is 16.5. The summed E-state index contributed by atoms with van der Waals surface area (Å²) >= 11 is 0. The summed E-state index contributed by atoms with van der Waals surface area (Å²) in [4.78, 5) is 0. The number of para-hydroxylation sites is 1. The van der Waals surface area contributed by atoms with Crippen LogP contribution in [0.2, 0.25) is 0 Å². The third-order valence-electron chi connectivity index (χ3n) is 6.93. The largest absolute Gasteiger partial charge is 0.456 e. The van der Waals surface area contributed by atoms with Crippen LogP contribution in [0.1, 0.15) is 27.7 Å². The van der Waals surface area contributed by atoms with E-state index in [0.717, 1.165) is 44.1 Å². The lowest BCUT2D eigenvalue weighted by Gasteiger charge is -2.37. The van der Waals surface area contributed by atoms with Crippen molar-refractivity contribution in [2.75, 3.05) is 0 Å². The summed E-state index contributed by atoms with van der Waals surface area (Å²) < 4.78 is 12.8. The molecule has 5 rings (SSSR count). The van der Waals surface area contributed by atoms with Gasteiger partial charge in [0.2, 0.25) is 0 Å². The second-order valence-corrected chi connectivity index (χ2v) is 9.89. The van der Waals surface area contributed by atoms with Gasteiger partial charge in [0.05, 0.1) is 11.2 Å². The minimum Gasteiger partial charge on any atom is -0.456 e. The molecule has 0 aliphatic carbocycles. The van der Waals surface area contributed by atoms with Crippen molar-refractivity contribution in [3.8, 4) is 22.3 Å². The Balaban J connectivity index is 1.70. The van der Waals surface area contributed by atoms with Crippen LogP contribution in [0.5, 0.6) is 0 Å². The predicted molar refractivity (Wildman–Crippen MR) is 143 cm³/mol. The van der Waals surface area contributed by atoms with E-state index in [1.54, 1.807) is 13.8 Å². The van der Waals surface area contributed by atoms with Crippen molar-refractivity contribution < 1.29 is 14.2 Å². The van der Waals surface area contributed by atoms with E-state index in [2.05, 4.69) is 66.7 Å². The second kappa shape index (κ2) is 8.46. The molecular weight excluding hydrogens is 419 g/mol. The molecule has 4 aromatic carbocycles. The van der Waals surface area contributed by atoms with Crippen molar-refractivity contribution in [3.63, 3.8) is 0 Å².